The zero-order chi connectivity index (χ0) is 10.6. The Morgan fingerprint density at radius 3 is 2.21 bits per heavy atom. The molecule has 6 nitrogen and oxygen atoms in total. The Labute approximate surface area is 83.2 Å². The highest BCUT2D eigenvalue weighted by Gasteiger charge is 1.93. The van der Waals surface area contributed by atoms with Crippen molar-refractivity contribution in [1.82, 2.24) is 0 Å². The number of rotatable bonds is 9. The van der Waals surface area contributed by atoms with Gasteiger partial charge in [-0.3, -0.25) is 4.89 Å². The Balaban J connectivity index is 2.88. The third-order valence-corrected chi connectivity index (χ3v) is 1.12. The maximum Gasteiger partial charge on any atom is 0.339 e. The lowest BCUT2D eigenvalue weighted by atomic mass is 10.7. The minimum atomic E-state index is -0.476. The van der Waals surface area contributed by atoms with Crippen molar-refractivity contribution in [3.8, 4) is 0 Å². The largest absolute Gasteiger partial charge is 0.378 e. The van der Waals surface area contributed by atoms with Gasteiger partial charge < -0.3 is 15.2 Å². The smallest absolute Gasteiger partial charge is 0.339 e. The lowest BCUT2D eigenvalue weighted by molar-refractivity contribution is -0.274. The van der Waals surface area contributed by atoms with Gasteiger partial charge in [0.15, 0.2) is 0 Å². The number of hydrogen-bond acceptors (Lipinski definition) is 6. The van der Waals surface area contributed by atoms with Crippen LogP contribution in [0.4, 0.5) is 0 Å². The highest BCUT2D eigenvalue weighted by molar-refractivity contribution is 5.65. The van der Waals surface area contributed by atoms with Gasteiger partial charge in [0.25, 0.3) is 0 Å². The molecule has 2 N–H and O–H groups in total. The van der Waals surface area contributed by atoms with Gasteiger partial charge in [0.05, 0.1) is 26.4 Å². The zero-order valence-corrected chi connectivity index (χ0v) is 8.36. The monoisotopic (exact) mass is 207 g/mol. The summed E-state index contributed by atoms with van der Waals surface area (Å²) in [7, 11) is 0. The standard InChI is InChI=1S/C8H17NO5/c1-8(10)14-13-7-6-12-5-4-11-3-2-9/h2-7,9H2,1H3. The molecule has 0 aromatic rings. The molecule has 0 bridgehead atoms. The number of carbonyl (C=O) groups is 1. The Bertz CT molecular complexity index is 142. The molecule has 6 heteroatoms. The molecule has 0 aliphatic rings. The molecule has 84 valence electrons. The van der Waals surface area contributed by atoms with Crippen LogP contribution in [0.3, 0.4) is 0 Å². The Hall–Kier alpha value is -0.690. The van der Waals surface area contributed by atoms with Crippen LogP contribution in [0.5, 0.6) is 0 Å². The van der Waals surface area contributed by atoms with Crippen molar-refractivity contribution in [3.63, 3.8) is 0 Å². The van der Waals surface area contributed by atoms with Crippen molar-refractivity contribution < 1.29 is 24.0 Å². The van der Waals surface area contributed by atoms with Crippen LogP contribution in [0.25, 0.3) is 0 Å². The van der Waals surface area contributed by atoms with E-state index in [1.165, 1.54) is 6.92 Å². The number of hydrogen-bond donors (Lipinski definition) is 1. The van der Waals surface area contributed by atoms with E-state index >= 15 is 0 Å². The molecule has 0 saturated heterocycles. The summed E-state index contributed by atoms with van der Waals surface area (Å²) >= 11 is 0. The van der Waals surface area contributed by atoms with Crippen molar-refractivity contribution in [2.24, 2.45) is 5.73 Å². The molecule has 0 amide bonds. The SMILES string of the molecule is CC(=O)OOCCOCCOCCN. The van der Waals surface area contributed by atoms with Crippen molar-refractivity contribution >= 4 is 5.97 Å². The van der Waals surface area contributed by atoms with E-state index in [9.17, 15) is 4.79 Å². The van der Waals surface area contributed by atoms with E-state index in [0.29, 0.717) is 33.0 Å². The Kier molecular flexibility index (Phi) is 9.88. The molecule has 0 heterocycles. The van der Waals surface area contributed by atoms with Crippen LogP contribution in [-0.4, -0.2) is 45.5 Å². The van der Waals surface area contributed by atoms with E-state index < -0.39 is 5.97 Å². The summed E-state index contributed by atoms with van der Waals surface area (Å²) in [5.41, 5.74) is 5.20. The second-order valence-electron chi connectivity index (χ2n) is 2.41. The lowest BCUT2D eigenvalue weighted by Gasteiger charge is -2.04. The number of ether oxygens (including phenoxy) is 2. The molecular formula is C8H17NO5. The third kappa shape index (κ3) is 11.3. The first-order valence-corrected chi connectivity index (χ1v) is 4.43. The van der Waals surface area contributed by atoms with Gasteiger partial charge in [-0.2, -0.15) is 4.89 Å². The molecule has 0 aromatic carbocycles. The van der Waals surface area contributed by atoms with Crippen molar-refractivity contribution in [1.29, 1.82) is 0 Å². The van der Waals surface area contributed by atoms with Crippen molar-refractivity contribution in [2.45, 2.75) is 6.92 Å². The summed E-state index contributed by atoms with van der Waals surface area (Å²) in [5, 5.41) is 0. The summed E-state index contributed by atoms with van der Waals surface area (Å²) in [6, 6.07) is 0. The van der Waals surface area contributed by atoms with Gasteiger partial charge in [0.1, 0.15) is 6.61 Å². The minimum absolute atomic E-state index is 0.219. The van der Waals surface area contributed by atoms with Gasteiger partial charge in [-0.05, 0) is 0 Å². The minimum Gasteiger partial charge on any atom is -0.378 e. The third-order valence-electron chi connectivity index (χ3n) is 1.12. The predicted octanol–water partition coefficient (Wildman–Crippen LogP) is -0.527. The molecule has 0 atom stereocenters. The summed E-state index contributed by atoms with van der Waals surface area (Å²) in [4.78, 5) is 18.9. The molecule has 0 radical (unpaired) electrons. The van der Waals surface area contributed by atoms with Crippen LogP contribution in [0.1, 0.15) is 6.92 Å². The Morgan fingerprint density at radius 2 is 1.64 bits per heavy atom. The van der Waals surface area contributed by atoms with Gasteiger partial charge in [-0.25, -0.2) is 4.79 Å². The predicted molar refractivity (Wildman–Crippen MR) is 48.4 cm³/mol. The summed E-state index contributed by atoms with van der Waals surface area (Å²) in [5.74, 6) is -0.476. The number of carbonyl (C=O) groups excluding carboxylic acids is 1. The normalized spacial score (nSPS) is 10.1. The molecule has 0 saturated carbocycles. The second-order valence-corrected chi connectivity index (χ2v) is 2.41. The molecule has 0 aromatic heterocycles. The molecule has 0 aliphatic heterocycles. The number of nitrogens with two attached hydrogens (primary N) is 1. The van der Waals surface area contributed by atoms with E-state index in [0.717, 1.165) is 0 Å². The van der Waals surface area contributed by atoms with Crippen molar-refractivity contribution in [2.75, 3.05) is 39.6 Å². The van der Waals surface area contributed by atoms with Crippen LogP contribution in [0.2, 0.25) is 0 Å². The van der Waals surface area contributed by atoms with Crippen LogP contribution >= 0.6 is 0 Å². The first-order valence-electron chi connectivity index (χ1n) is 4.43. The second kappa shape index (κ2) is 10.4. The first kappa shape index (κ1) is 13.3. The summed E-state index contributed by atoms with van der Waals surface area (Å²) in [6.45, 7) is 3.87. The Morgan fingerprint density at radius 1 is 1.07 bits per heavy atom. The van der Waals surface area contributed by atoms with Crippen LogP contribution in [-0.2, 0) is 24.0 Å². The molecule has 0 rings (SSSR count). The molecule has 0 aliphatic carbocycles. The summed E-state index contributed by atoms with van der Waals surface area (Å²) in [6.07, 6.45) is 0. The molecule has 0 spiro atoms. The zero-order valence-electron chi connectivity index (χ0n) is 8.36. The highest BCUT2D eigenvalue weighted by Crippen LogP contribution is 1.82. The molecular weight excluding hydrogens is 190 g/mol. The fourth-order valence-electron chi connectivity index (χ4n) is 0.623. The fraction of sp³-hybridized carbons (Fsp3) is 0.875. The van der Waals surface area contributed by atoms with E-state index in [4.69, 9.17) is 15.2 Å². The highest BCUT2D eigenvalue weighted by atomic mass is 17.2. The van der Waals surface area contributed by atoms with Gasteiger partial charge in [-0.1, -0.05) is 0 Å². The maximum absolute atomic E-state index is 10.2. The topological polar surface area (TPSA) is 80.0 Å². The quantitative estimate of drug-likeness (QED) is 0.311. The lowest BCUT2D eigenvalue weighted by Crippen LogP contribution is -2.14. The van der Waals surface area contributed by atoms with Crippen LogP contribution < -0.4 is 5.73 Å². The molecule has 0 unspecified atom stereocenters. The first-order chi connectivity index (χ1) is 6.77. The maximum atomic E-state index is 10.2. The average Bonchev–Trinajstić information content (AvgIpc) is 2.15. The van der Waals surface area contributed by atoms with E-state index in [-0.39, 0.29) is 6.61 Å². The van der Waals surface area contributed by atoms with Crippen molar-refractivity contribution in [3.05, 3.63) is 0 Å². The molecule has 0 fully saturated rings. The molecule has 14 heavy (non-hydrogen) atoms. The van der Waals surface area contributed by atoms with Crippen LogP contribution in [0, 0.1) is 0 Å². The van der Waals surface area contributed by atoms with Gasteiger partial charge in [0, 0.05) is 13.5 Å². The average molecular weight is 207 g/mol. The fourth-order valence-corrected chi connectivity index (χ4v) is 0.623. The van der Waals surface area contributed by atoms with E-state index in [1.54, 1.807) is 0 Å². The van der Waals surface area contributed by atoms with Gasteiger partial charge >= 0.3 is 5.97 Å². The van der Waals surface area contributed by atoms with Crippen LogP contribution in [0.15, 0.2) is 0 Å². The summed E-state index contributed by atoms with van der Waals surface area (Å²) < 4.78 is 10.1. The van der Waals surface area contributed by atoms with Gasteiger partial charge in [-0.15, -0.1) is 0 Å². The van der Waals surface area contributed by atoms with E-state index in [1.807, 2.05) is 0 Å². The van der Waals surface area contributed by atoms with E-state index in [2.05, 4.69) is 9.78 Å². The van der Waals surface area contributed by atoms with Gasteiger partial charge in [0.2, 0.25) is 0 Å².